The van der Waals surface area contributed by atoms with Crippen molar-refractivity contribution in [3.05, 3.63) is 23.9 Å². The molecular formula is C6H5FN2O. The number of hydrogen-bond donors (Lipinski definition) is 1. The zero-order chi connectivity index (χ0) is 7.56. The Hall–Kier alpha value is -1.45. The van der Waals surface area contributed by atoms with Gasteiger partial charge in [0.1, 0.15) is 5.82 Å². The predicted octanol–water partition coefficient (Wildman–Crippen LogP) is 0.774. The molecule has 0 bridgehead atoms. The molecule has 52 valence electrons. The maximum Gasteiger partial charge on any atom is 0.332 e. The summed E-state index contributed by atoms with van der Waals surface area (Å²) in [6, 6.07) is 0.954. The van der Waals surface area contributed by atoms with Crippen molar-refractivity contribution in [3.63, 3.8) is 0 Å². The van der Waals surface area contributed by atoms with E-state index in [1.165, 1.54) is 18.3 Å². The molecule has 3 nitrogen and oxygen atoms in total. The van der Waals surface area contributed by atoms with Crippen LogP contribution < -0.4 is 5.73 Å². The number of rotatable bonds is 1. The van der Waals surface area contributed by atoms with Gasteiger partial charge in [-0.1, -0.05) is 0 Å². The van der Waals surface area contributed by atoms with E-state index in [0.717, 1.165) is 0 Å². The normalized spacial score (nSPS) is 9.30. The Morgan fingerprint density at radius 2 is 2.40 bits per heavy atom. The van der Waals surface area contributed by atoms with Crippen LogP contribution in [0, 0.1) is 0 Å². The van der Waals surface area contributed by atoms with Crippen molar-refractivity contribution in [1.82, 2.24) is 4.98 Å². The molecule has 0 atom stereocenters. The van der Waals surface area contributed by atoms with E-state index in [-0.39, 0.29) is 11.4 Å². The monoisotopic (exact) mass is 140 g/mol. The largest absolute Gasteiger partial charge is 0.384 e. The van der Waals surface area contributed by atoms with E-state index >= 15 is 0 Å². The minimum atomic E-state index is -1.49. The van der Waals surface area contributed by atoms with Gasteiger partial charge in [0, 0.05) is 6.20 Å². The van der Waals surface area contributed by atoms with Crippen LogP contribution in [0.1, 0.15) is 10.4 Å². The van der Waals surface area contributed by atoms with Crippen LogP contribution in [0.2, 0.25) is 0 Å². The Morgan fingerprint density at radius 1 is 1.70 bits per heavy atom. The molecule has 1 aromatic rings. The van der Waals surface area contributed by atoms with Crippen LogP contribution in [-0.4, -0.2) is 11.0 Å². The fourth-order valence-corrected chi connectivity index (χ4v) is 0.571. The Bertz CT molecular complexity index is 262. The third-order valence-corrected chi connectivity index (χ3v) is 1.01. The quantitative estimate of drug-likeness (QED) is 0.586. The van der Waals surface area contributed by atoms with Crippen LogP contribution in [-0.2, 0) is 0 Å². The second-order valence-electron chi connectivity index (χ2n) is 1.74. The first kappa shape index (κ1) is 6.67. The maximum atomic E-state index is 11.9. The van der Waals surface area contributed by atoms with Gasteiger partial charge < -0.3 is 5.73 Å². The van der Waals surface area contributed by atoms with Gasteiger partial charge in [0.05, 0.1) is 5.56 Å². The van der Waals surface area contributed by atoms with Gasteiger partial charge in [-0.05, 0) is 12.1 Å². The molecule has 0 radical (unpaired) electrons. The standard InChI is InChI=1S/C6H5FN2O/c7-6(10)4-1-2-9-5(8)3-4/h1-3H,(H2,8,9). The number of nitrogens with zero attached hydrogens (tertiary/aromatic N) is 1. The maximum absolute atomic E-state index is 11.9. The number of nitrogens with two attached hydrogens (primary N) is 1. The number of carbonyl (C=O) groups excluding carboxylic acids is 1. The highest BCUT2D eigenvalue weighted by molar-refractivity contribution is 5.88. The van der Waals surface area contributed by atoms with Gasteiger partial charge in [0.2, 0.25) is 0 Å². The fourth-order valence-electron chi connectivity index (χ4n) is 0.571. The van der Waals surface area contributed by atoms with E-state index in [0.29, 0.717) is 0 Å². The molecule has 0 saturated carbocycles. The summed E-state index contributed by atoms with van der Waals surface area (Å²) in [5, 5.41) is 0. The first-order valence-electron chi connectivity index (χ1n) is 2.61. The van der Waals surface area contributed by atoms with E-state index in [4.69, 9.17) is 5.73 Å². The summed E-state index contributed by atoms with van der Waals surface area (Å²) in [5.74, 6) is 0.142. The molecule has 1 heterocycles. The van der Waals surface area contributed by atoms with Crippen molar-refractivity contribution in [1.29, 1.82) is 0 Å². The molecule has 0 unspecified atom stereocenters. The first-order chi connectivity index (χ1) is 4.70. The van der Waals surface area contributed by atoms with Gasteiger partial charge in [-0.2, -0.15) is 4.39 Å². The number of halogens is 1. The van der Waals surface area contributed by atoms with Crippen molar-refractivity contribution >= 4 is 11.9 Å². The molecule has 0 spiro atoms. The molecule has 0 aliphatic heterocycles. The van der Waals surface area contributed by atoms with Gasteiger partial charge in [-0.25, -0.2) is 4.98 Å². The molecule has 4 heteroatoms. The highest BCUT2D eigenvalue weighted by Crippen LogP contribution is 2.03. The number of nitrogen functional groups attached to an aromatic ring is 1. The van der Waals surface area contributed by atoms with E-state index in [1.54, 1.807) is 0 Å². The molecule has 0 saturated heterocycles. The van der Waals surface area contributed by atoms with Crippen molar-refractivity contribution in [3.8, 4) is 0 Å². The van der Waals surface area contributed by atoms with Gasteiger partial charge in [-0.3, -0.25) is 4.79 Å². The number of carbonyl (C=O) groups is 1. The zero-order valence-corrected chi connectivity index (χ0v) is 5.04. The highest BCUT2D eigenvalue weighted by Gasteiger charge is 2.01. The number of pyridine rings is 1. The molecule has 0 amide bonds. The summed E-state index contributed by atoms with van der Waals surface area (Å²) in [5.41, 5.74) is 5.10. The summed E-state index contributed by atoms with van der Waals surface area (Å²) in [4.78, 5) is 13.6. The van der Waals surface area contributed by atoms with Crippen molar-refractivity contribution < 1.29 is 9.18 Å². The van der Waals surface area contributed by atoms with E-state index in [9.17, 15) is 9.18 Å². The van der Waals surface area contributed by atoms with E-state index in [1.807, 2.05) is 0 Å². The molecule has 2 N–H and O–H groups in total. The molecule has 0 aliphatic carbocycles. The SMILES string of the molecule is Nc1cc(C(=O)F)ccn1. The van der Waals surface area contributed by atoms with E-state index in [2.05, 4.69) is 4.98 Å². The number of aromatic nitrogens is 1. The lowest BCUT2D eigenvalue weighted by Gasteiger charge is -1.91. The average molecular weight is 140 g/mol. The third-order valence-electron chi connectivity index (χ3n) is 1.01. The van der Waals surface area contributed by atoms with Crippen LogP contribution in [0.15, 0.2) is 18.3 Å². The predicted molar refractivity (Wildman–Crippen MR) is 34.1 cm³/mol. The Balaban J connectivity index is 3.07. The fraction of sp³-hybridized carbons (Fsp3) is 0. The van der Waals surface area contributed by atoms with Gasteiger partial charge in [-0.15, -0.1) is 0 Å². The highest BCUT2D eigenvalue weighted by atomic mass is 19.1. The molecule has 0 aliphatic rings. The van der Waals surface area contributed by atoms with Crippen molar-refractivity contribution in [2.24, 2.45) is 0 Å². The second kappa shape index (κ2) is 2.43. The van der Waals surface area contributed by atoms with Crippen LogP contribution >= 0.6 is 0 Å². The van der Waals surface area contributed by atoms with Gasteiger partial charge >= 0.3 is 6.04 Å². The Morgan fingerprint density at radius 3 is 2.80 bits per heavy atom. The summed E-state index contributed by atoms with van der Waals surface area (Å²) >= 11 is 0. The molecule has 0 fully saturated rings. The molecule has 1 aromatic heterocycles. The Labute approximate surface area is 56.7 Å². The summed E-state index contributed by atoms with van der Waals surface area (Å²) < 4.78 is 11.9. The van der Waals surface area contributed by atoms with Gasteiger partial charge in [0.15, 0.2) is 0 Å². The average Bonchev–Trinajstić information content (AvgIpc) is 1.88. The molecule has 0 aromatic carbocycles. The second-order valence-corrected chi connectivity index (χ2v) is 1.74. The third kappa shape index (κ3) is 1.28. The van der Waals surface area contributed by atoms with Crippen LogP contribution in [0.3, 0.4) is 0 Å². The van der Waals surface area contributed by atoms with Crippen molar-refractivity contribution in [2.45, 2.75) is 0 Å². The van der Waals surface area contributed by atoms with Gasteiger partial charge in [0.25, 0.3) is 0 Å². The summed E-state index contributed by atoms with van der Waals surface area (Å²) in [6.45, 7) is 0. The van der Waals surface area contributed by atoms with Crippen LogP contribution in [0.4, 0.5) is 10.2 Å². The lowest BCUT2D eigenvalue weighted by atomic mass is 10.3. The van der Waals surface area contributed by atoms with E-state index < -0.39 is 6.04 Å². The lowest BCUT2D eigenvalue weighted by Crippen LogP contribution is -1.94. The topological polar surface area (TPSA) is 56.0 Å². The molecule has 1 rings (SSSR count). The molecule has 10 heavy (non-hydrogen) atoms. The smallest absolute Gasteiger partial charge is 0.332 e. The first-order valence-corrected chi connectivity index (χ1v) is 2.61. The minimum Gasteiger partial charge on any atom is -0.384 e. The summed E-state index contributed by atoms with van der Waals surface area (Å²) in [7, 11) is 0. The van der Waals surface area contributed by atoms with Crippen LogP contribution in [0.25, 0.3) is 0 Å². The summed E-state index contributed by atoms with van der Waals surface area (Å²) in [6.07, 6.45) is 1.28. The van der Waals surface area contributed by atoms with Crippen LogP contribution in [0.5, 0.6) is 0 Å². The molecular weight excluding hydrogens is 135 g/mol. The number of anilines is 1. The van der Waals surface area contributed by atoms with Crippen molar-refractivity contribution in [2.75, 3.05) is 5.73 Å². The lowest BCUT2D eigenvalue weighted by molar-refractivity contribution is 0.0836. The zero-order valence-electron chi connectivity index (χ0n) is 5.04. The minimum absolute atomic E-state index is 0.0625. The Kier molecular flexibility index (Phi) is 1.62. The number of hydrogen-bond acceptors (Lipinski definition) is 3.